The quantitative estimate of drug-likeness (QED) is 0.693. The molecule has 1 N–H and O–H groups in total. The molecule has 13 heavy (non-hydrogen) atoms. The summed E-state index contributed by atoms with van der Waals surface area (Å²) in [6, 6.07) is 0. The lowest BCUT2D eigenvalue weighted by Crippen LogP contribution is -2.20. The van der Waals surface area contributed by atoms with Crippen molar-refractivity contribution in [3.05, 3.63) is 28.4 Å². The molecule has 0 aliphatic carbocycles. The minimum absolute atomic E-state index is 0.0718. The van der Waals surface area contributed by atoms with Crippen LogP contribution >= 0.6 is 0 Å². The predicted octanol–water partition coefficient (Wildman–Crippen LogP) is 0.541. The zero-order valence-corrected chi connectivity index (χ0v) is 7.48. The van der Waals surface area contributed by atoms with Crippen molar-refractivity contribution in [2.24, 2.45) is 0 Å². The molecule has 0 aliphatic heterocycles. The molecule has 2 heterocycles. The first-order chi connectivity index (χ1) is 6.20. The molecule has 0 aliphatic rings. The van der Waals surface area contributed by atoms with Crippen molar-refractivity contribution in [1.82, 2.24) is 19.6 Å². The van der Waals surface area contributed by atoms with Gasteiger partial charge in [0.05, 0.1) is 0 Å². The standard InChI is InChI=1S/C8H10N4O/c1-5(2)6-3-9-8-10-4-11-12(8)7(6)13/h3-5H,1-2H3,(H,9,10,11). The fourth-order valence-electron chi connectivity index (χ4n) is 1.21. The zero-order chi connectivity index (χ0) is 9.42. The van der Waals surface area contributed by atoms with Crippen LogP contribution in [-0.4, -0.2) is 19.6 Å². The fourth-order valence-corrected chi connectivity index (χ4v) is 1.21. The molecule has 2 rings (SSSR count). The Hall–Kier alpha value is -1.65. The van der Waals surface area contributed by atoms with Crippen LogP contribution in [0, 0.1) is 0 Å². The Labute approximate surface area is 74.4 Å². The highest BCUT2D eigenvalue weighted by atomic mass is 16.1. The van der Waals surface area contributed by atoms with Gasteiger partial charge in [0.15, 0.2) is 0 Å². The molecule has 68 valence electrons. The molecule has 0 saturated heterocycles. The summed E-state index contributed by atoms with van der Waals surface area (Å²) in [5, 5.41) is 2.71. The van der Waals surface area contributed by atoms with E-state index in [1.165, 1.54) is 10.8 Å². The first-order valence-corrected chi connectivity index (χ1v) is 4.11. The molecule has 0 bridgehead atoms. The van der Waals surface area contributed by atoms with Crippen LogP contribution in [0.3, 0.4) is 0 Å². The van der Waals surface area contributed by atoms with E-state index in [1.807, 2.05) is 13.8 Å². The highest BCUT2D eigenvalue weighted by Gasteiger charge is 2.08. The van der Waals surface area contributed by atoms with Crippen molar-refractivity contribution >= 4 is 5.78 Å². The molecule has 0 saturated carbocycles. The van der Waals surface area contributed by atoms with Crippen LogP contribution in [0.4, 0.5) is 0 Å². The van der Waals surface area contributed by atoms with E-state index in [1.54, 1.807) is 6.20 Å². The van der Waals surface area contributed by atoms with Crippen molar-refractivity contribution in [3.8, 4) is 0 Å². The third kappa shape index (κ3) is 1.12. The predicted molar refractivity (Wildman–Crippen MR) is 47.7 cm³/mol. The highest BCUT2D eigenvalue weighted by Crippen LogP contribution is 2.07. The van der Waals surface area contributed by atoms with Gasteiger partial charge in [-0.05, 0) is 5.92 Å². The topological polar surface area (TPSA) is 63.1 Å². The monoisotopic (exact) mass is 178 g/mol. The van der Waals surface area contributed by atoms with Crippen molar-refractivity contribution in [2.75, 3.05) is 0 Å². The largest absolute Gasteiger partial charge is 0.278 e. The lowest BCUT2D eigenvalue weighted by Gasteiger charge is -2.02. The van der Waals surface area contributed by atoms with Crippen molar-refractivity contribution in [1.29, 1.82) is 0 Å². The number of H-pyrrole nitrogens is 1. The summed E-state index contributed by atoms with van der Waals surface area (Å²) in [7, 11) is 0. The second-order valence-electron chi connectivity index (χ2n) is 3.20. The number of aromatic nitrogens is 4. The zero-order valence-electron chi connectivity index (χ0n) is 7.48. The minimum Gasteiger partial charge on any atom is -0.278 e. The van der Waals surface area contributed by atoms with E-state index in [2.05, 4.69) is 15.1 Å². The van der Waals surface area contributed by atoms with E-state index in [9.17, 15) is 4.79 Å². The molecular formula is C8H10N4O. The molecule has 2 aromatic heterocycles. The average Bonchev–Trinajstić information content (AvgIpc) is 2.52. The lowest BCUT2D eigenvalue weighted by atomic mass is 10.1. The summed E-state index contributed by atoms with van der Waals surface area (Å²) >= 11 is 0. The second kappa shape index (κ2) is 2.69. The van der Waals surface area contributed by atoms with E-state index in [4.69, 9.17) is 0 Å². The van der Waals surface area contributed by atoms with Gasteiger partial charge in [0.25, 0.3) is 11.3 Å². The molecule has 2 aromatic rings. The van der Waals surface area contributed by atoms with Gasteiger partial charge in [0, 0.05) is 11.8 Å². The Morgan fingerprint density at radius 1 is 1.46 bits per heavy atom. The maximum atomic E-state index is 11.7. The molecule has 0 radical (unpaired) electrons. The van der Waals surface area contributed by atoms with Crippen molar-refractivity contribution < 1.29 is 0 Å². The SMILES string of the molecule is CC(C)c1cnc2nc[nH]n2c1=O. The van der Waals surface area contributed by atoms with Crippen LogP contribution in [0.5, 0.6) is 0 Å². The van der Waals surface area contributed by atoms with Crippen LogP contribution in [0.25, 0.3) is 5.78 Å². The normalized spacial score (nSPS) is 11.3. The Morgan fingerprint density at radius 3 is 2.92 bits per heavy atom. The van der Waals surface area contributed by atoms with Gasteiger partial charge in [-0.1, -0.05) is 13.8 Å². The van der Waals surface area contributed by atoms with Gasteiger partial charge in [-0.15, -0.1) is 0 Å². The summed E-state index contributed by atoms with van der Waals surface area (Å²) in [5.74, 6) is 0.592. The molecule has 0 spiro atoms. The molecular weight excluding hydrogens is 168 g/mol. The number of nitrogens with zero attached hydrogens (tertiary/aromatic N) is 3. The number of fused-ring (bicyclic) bond motifs is 1. The molecule has 5 heteroatoms. The summed E-state index contributed by atoms with van der Waals surface area (Å²) in [5.41, 5.74) is 0.624. The van der Waals surface area contributed by atoms with E-state index in [-0.39, 0.29) is 11.5 Å². The maximum absolute atomic E-state index is 11.7. The number of rotatable bonds is 1. The fraction of sp³-hybridized carbons (Fsp3) is 0.375. The van der Waals surface area contributed by atoms with Crippen molar-refractivity contribution in [3.63, 3.8) is 0 Å². The van der Waals surface area contributed by atoms with Crippen LogP contribution in [0.1, 0.15) is 25.3 Å². The molecule has 5 nitrogen and oxygen atoms in total. The molecule has 0 atom stereocenters. The Balaban J connectivity index is 2.81. The molecule has 0 amide bonds. The third-order valence-electron chi connectivity index (χ3n) is 1.96. The summed E-state index contributed by atoms with van der Waals surface area (Å²) in [6.45, 7) is 3.92. The van der Waals surface area contributed by atoms with Gasteiger partial charge < -0.3 is 0 Å². The van der Waals surface area contributed by atoms with Gasteiger partial charge in [-0.25, -0.2) is 9.97 Å². The van der Waals surface area contributed by atoms with E-state index >= 15 is 0 Å². The Bertz CT molecular complexity index is 482. The molecule has 0 unspecified atom stereocenters. The van der Waals surface area contributed by atoms with Crippen molar-refractivity contribution in [2.45, 2.75) is 19.8 Å². The second-order valence-corrected chi connectivity index (χ2v) is 3.20. The summed E-state index contributed by atoms with van der Waals surface area (Å²) in [4.78, 5) is 19.6. The Morgan fingerprint density at radius 2 is 2.23 bits per heavy atom. The summed E-state index contributed by atoms with van der Waals surface area (Å²) in [6.07, 6.45) is 3.04. The van der Waals surface area contributed by atoms with Crippen LogP contribution in [0.2, 0.25) is 0 Å². The van der Waals surface area contributed by atoms with E-state index in [0.29, 0.717) is 11.3 Å². The lowest BCUT2D eigenvalue weighted by molar-refractivity contribution is 0.793. The molecule has 0 aromatic carbocycles. The highest BCUT2D eigenvalue weighted by molar-refractivity contribution is 5.26. The first kappa shape index (κ1) is 7.97. The van der Waals surface area contributed by atoms with E-state index < -0.39 is 0 Å². The summed E-state index contributed by atoms with van der Waals surface area (Å²) < 4.78 is 1.34. The number of hydrogen-bond acceptors (Lipinski definition) is 3. The number of nitrogens with one attached hydrogen (secondary N) is 1. The van der Waals surface area contributed by atoms with Gasteiger partial charge in [-0.2, -0.15) is 4.52 Å². The van der Waals surface area contributed by atoms with E-state index in [0.717, 1.165) is 0 Å². The number of aromatic amines is 1. The van der Waals surface area contributed by atoms with Gasteiger partial charge in [-0.3, -0.25) is 9.89 Å². The van der Waals surface area contributed by atoms with Crippen LogP contribution < -0.4 is 5.56 Å². The average molecular weight is 178 g/mol. The van der Waals surface area contributed by atoms with Crippen LogP contribution in [0.15, 0.2) is 17.3 Å². The van der Waals surface area contributed by atoms with Gasteiger partial charge in [0.1, 0.15) is 6.33 Å². The minimum atomic E-state index is -0.0718. The molecule has 0 fully saturated rings. The van der Waals surface area contributed by atoms with Gasteiger partial charge in [0.2, 0.25) is 0 Å². The first-order valence-electron chi connectivity index (χ1n) is 4.11. The maximum Gasteiger partial charge on any atom is 0.277 e. The third-order valence-corrected chi connectivity index (χ3v) is 1.96. The van der Waals surface area contributed by atoms with Crippen LogP contribution in [-0.2, 0) is 0 Å². The smallest absolute Gasteiger partial charge is 0.277 e. The van der Waals surface area contributed by atoms with Gasteiger partial charge >= 0.3 is 0 Å². The Kier molecular flexibility index (Phi) is 1.65. The number of hydrogen-bond donors (Lipinski definition) is 1.